The molecular weight excluding hydrogens is 410 g/mol. The summed E-state index contributed by atoms with van der Waals surface area (Å²) >= 11 is 5.91. The lowest BCUT2D eigenvalue weighted by Crippen LogP contribution is -2.44. The minimum absolute atomic E-state index is 0.0233. The number of nitrogens with zero attached hydrogens (tertiary/aromatic N) is 4. The molecule has 1 aromatic carbocycles. The molecular formula is C20H20ClN5O4. The Morgan fingerprint density at radius 3 is 2.77 bits per heavy atom. The molecule has 1 aliphatic heterocycles. The highest BCUT2D eigenvalue weighted by Crippen LogP contribution is 2.19. The highest BCUT2D eigenvalue weighted by atomic mass is 35.5. The third kappa shape index (κ3) is 3.99. The van der Waals surface area contributed by atoms with Crippen LogP contribution in [0.25, 0.3) is 22.4 Å². The van der Waals surface area contributed by atoms with Gasteiger partial charge in [0.25, 0.3) is 5.56 Å². The van der Waals surface area contributed by atoms with Crippen LogP contribution < -0.4 is 16.6 Å². The fourth-order valence-corrected chi connectivity index (χ4v) is 3.52. The van der Waals surface area contributed by atoms with Crippen molar-refractivity contribution in [1.82, 2.24) is 24.4 Å². The molecule has 3 aromatic rings. The van der Waals surface area contributed by atoms with Gasteiger partial charge in [0.05, 0.1) is 6.10 Å². The predicted molar refractivity (Wildman–Crippen MR) is 111 cm³/mol. The summed E-state index contributed by atoms with van der Waals surface area (Å²) in [6.45, 7) is 0.658. The molecule has 2 aromatic heterocycles. The van der Waals surface area contributed by atoms with Crippen LogP contribution in [0.2, 0.25) is 5.02 Å². The van der Waals surface area contributed by atoms with Gasteiger partial charge >= 0.3 is 5.69 Å². The number of rotatable bonds is 5. The third-order valence-corrected chi connectivity index (χ3v) is 5.29. The van der Waals surface area contributed by atoms with E-state index in [1.807, 2.05) is 0 Å². The lowest BCUT2D eigenvalue weighted by molar-refractivity contribution is -0.122. The summed E-state index contributed by atoms with van der Waals surface area (Å²) < 4.78 is 7.59. The van der Waals surface area contributed by atoms with E-state index in [9.17, 15) is 14.4 Å². The van der Waals surface area contributed by atoms with Crippen molar-refractivity contribution in [2.75, 3.05) is 13.2 Å². The Morgan fingerprint density at radius 2 is 2.07 bits per heavy atom. The highest BCUT2D eigenvalue weighted by Gasteiger charge is 2.19. The number of benzene rings is 1. The zero-order chi connectivity index (χ0) is 21.3. The van der Waals surface area contributed by atoms with E-state index < -0.39 is 17.2 Å². The Hall–Kier alpha value is -3.04. The van der Waals surface area contributed by atoms with Crippen molar-refractivity contribution in [3.8, 4) is 11.4 Å². The Kier molecular flexibility index (Phi) is 5.65. The van der Waals surface area contributed by atoms with Gasteiger partial charge in [0, 0.05) is 37.0 Å². The number of carbonyl (C=O) groups is 1. The van der Waals surface area contributed by atoms with Gasteiger partial charge in [0.1, 0.15) is 11.9 Å². The van der Waals surface area contributed by atoms with Crippen molar-refractivity contribution in [2.24, 2.45) is 7.05 Å². The normalized spacial score (nSPS) is 16.1. The molecule has 0 radical (unpaired) electrons. The summed E-state index contributed by atoms with van der Waals surface area (Å²) in [7, 11) is 1.50. The van der Waals surface area contributed by atoms with Crippen molar-refractivity contribution < 1.29 is 9.53 Å². The molecule has 30 heavy (non-hydrogen) atoms. The van der Waals surface area contributed by atoms with E-state index in [2.05, 4.69) is 15.3 Å². The molecule has 0 unspecified atom stereocenters. The minimum atomic E-state index is -0.625. The zero-order valence-corrected chi connectivity index (χ0v) is 17.1. The lowest BCUT2D eigenvalue weighted by atomic mass is 10.2. The fraction of sp³-hybridized carbons (Fsp3) is 0.350. The molecule has 0 saturated carbocycles. The maximum absolute atomic E-state index is 12.8. The van der Waals surface area contributed by atoms with Gasteiger partial charge < -0.3 is 10.1 Å². The largest absolute Gasteiger partial charge is 0.376 e. The molecule has 0 bridgehead atoms. The monoisotopic (exact) mass is 429 g/mol. The summed E-state index contributed by atoms with van der Waals surface area (Å²) in [4.78, 5) is 46.5. The number of aryl methyl sites for hydroxylation is 1. The van der Waals surface area contributed by atoms with E-state index in [-0.39, 0.29) is 23.7 Å². The van der Waals surface area contributed by atoms with E-state index in [0.29, 0.717) is 29.6 Å². The van der Waals surface area contributed by atoms with Crippen LogP contribution in [-0.4, -0.2) is 44.3 Å². The second-order valence-electron chi connectivity index (χ2n) is 7.11. The molecule has 1 saturated heterocycles. The van der Waals surface area contributed by atoms with E-state index in [0.717, 1.165) is 17.4 Å². The van der Waals surface area contributed by atoms with E-state index in [4.69, 9.17) is 16.3 Å². The van der Waals surface area contributed by atoms with Gasteiger partial charge in [0.15, 0.2) is 11.5 Å². The Labute approximate surface area is 176 Å². The number of amides is 1. The maximum atomic E-state index is 12.8. The molecule has 3 heterocycles. The van der Waals surface area contributed by atoms with Gasteiger partial charge in [0.2, 0.25) is 5.91 Å². The average Bonchev–Trinajstić information content (AvgIpc) is 3.27. The number of hydrogen-bond donors (Lipinski definition) is 1. The summed E-state index contributed by atoms with van der Waals surface area (Å²) in [5, 5.41) is 3.45. The minimum Gasteiger partial charge on any atom is -0.376 e. The molecule has 1 N–H and O–H groups in total. The Morgan fingerprint density at radius 1 is 1.30 bits per heavy atom. The molecule has 1 aliphatic rings. The van der Waals surface area contributed by atoms with Crippen molar-refractivity contribution in [3.63, 3.8) is 0 Å². The van der Waals surface area contributed by atoms with Gasteiger partial charge in [-0.05, 0) is 37.1 Å². The van der Waals surface area contributed by atoms with Crippen LogP contribution in [0.5, 0.6) is 0 Å². The smallest absolute Gasteiger partial charge is 0.332 e. The van der Waals surface area contributed by atoms with Gasteiger partial charge in [-0.2, -0.15) is 0 Å². The van der Waals surface area contributed by atoms with E-state index in [1.54, 1.807) is 24.3 Å². The molecule has 1 fully saturated rings. The van der Waals surface area contributed by atoms with Gasteiger partial charge in [-0.3, -0.25) is 18.7 Å². The van der Waals surface area contributed by atoms with Crippen LogP contribution in [0.4, 0.5) is 0 Å². The second-order valence-corrected chi connectivity index (χ2v) is 7.55. The van der Waals surface area contributed by atoms with Crippen molar-refractivity contribution >= 4 is 28.5 Å². The van der Waals surface area contributed by atoms with Crippen molar-refractivity contribution in [2.45, 2.75) is 25.5 Å². The molecule has 156 valence electrons. The van der Waals surface area contributed by atoms with Crippen LogP contribution in [0, 0.1) is 0 Å². The van der Waals surface area contributed by atoms with Gasteiger partial charge in [-0.1, -0.05) is 11.6 Å². The molecule has 10 heteroatoms. The lowest BCUT2D eigenvalue weighted by Gasteiger charge is -2.13. The quantitative estimate of drug-likeness (QED) is 0.650. The summed E-state index contributed by atoms with van der Waals surface area (Å²) in [5.74, 6) is -0.0663. The van der Waals surface area contributed by atoms with Crippen LogP contribution in [0.3, 0.4) is 0 Å². The molecule has 9 nitrogen and oxygen atoms in total. The van der Waals surface area contributed by atoms with E-state index in [1.165, 1.54) is 17.8 Å². The first-order valence-corrected chi connectivity index (χ1v) is 9.92. The Bertz CT molecular complexity index is 1210. The number of ether oxygens (including phenoxy) is 1. The average molecular weight is 430 g/mol. The van der Waals surface area contributed by atoms with E-state index >= 15 is 0 Å². The topological polar surface area (TPSA) is 108 Å². The third-order valence-electron chi connectivity index (χ3n) is 5.03. The van der Waals surface area contributed by atoms with Gasteiger partial charge in [-0.25, -0.2) is 14.8 Å². The number of halogens is 1. The van der Waals surface area contributed by atoms with Crippen LogP contribution >= 0.6 is 11.6 Å². The molecule has 0 spiro atoms. The fourth-order valence-electron chi connectivity index (χ4n) is 3.39. The first kappa shape index (κ1) is 20.2. The van der Waals surface area contributed by atoms with Crippen molar-refractivity contribution in [3.05, 3.63) is 56.3 Å². The van der Waals surface area contributed by atoms with Crippen LogP contribution in [0.1, 0.15) is 12.8 Å². The van der Waals surface area contributed by atoms with Crippen LogP contribution in [0.15, 0.2) is 40.1 Å². The zero-order valence-electron chi connectivity index (χ0n) is 16.3. The summed E-state index contributed by atoms with van der Waals surface area (Å²) in [6.07, 6.45) is 3.19. The Balaban J connectivity index is 1.64. The predicted octanol–water partition coefficient (Wildman–Crippen LogP) is 1.11. The molecule has 0 aliphatic carbocycles. The highest BCUT2D eigenvalue weighted by molar-refractivity contribution is 6.30. The van der Waals surface area contributed by atoms with Crippen LogP contribution in [-0.2, 0) is 23.1 Å². The number of nitrogens with one attached hydrogen (secondary N) is 1. The second kappa shape index (κ2) is 8.37. The summed E-state index contributed by atoms with van der Waals surface area (Å²) in [6, 6.07) is 6.91. The first-order valence-electron chi connectivity index (χ1n) is 9.55. The maximum Gasteiger partial charge on any atom is 0.332 e. The number of hydrogen-bond acceptors (Lipinski definition) is 6. The number of carbonyl (C=O) groups excluding carboxylic acids is 1. The van der Waals surface area contributed by atoms with Gasteiger partial charge in [-0.15, -0.1) is 0 Å². The standard InChI is InChI=1S/C20H20ClN5O4/c1-25-18-15(10-23-17(24-18)12-4-6-13(21)7-5-12)19(28)26(20(25)29)11-16(27)22-9-14-3-2-8-30-14/h4-7,10,14H,2-3,8-9,11H2,1H3,(H,22,27)/t14-/m0/s1. The summed E-state index contributed by atoms with van der Waals surface area (Å²) in [5.41, 5.74) is -0.337. The number of fused-ring (bicyclic) bond motifs is 1. The SMILES string of the molecule is Cn1c(=O)n(CC(=O)NC[C@@H]2CCCO2)c(=O)c2cnc(-c3ccc(Cl)cc3)nc21. The molecule has 1 amide bonds. The molecule has 1 atom stereocenters. The molecule has 4 rings (SSSR count). The first-order chi connectivity index (χ1) is 14.4. The van der Waals surface area contributed by atoms with Crippen molar-refractivity contribution in [1.29, 1.82) is 0 Å². The number of aromatic nitrogens is 4.